The summed E-state index contributed by atoms with van der Waals surface area (Å²) in [7, 11) is 0. The number of carboxylic acids is 2. The number of carbonyl (C=O) groups is 11. The standard InChI is InChI=1S/C35H48N12O8.C14H18N2O5.C6H13NO5.Tc/c1-20(8-7-15-40-35(36)37)29-34(55)42-19-27(48)43-25(17-28(49)50)33(54)45-24(16-21-9-3-2-4-10-21)32(53)44-23(31(52)46-29)11-5-6-14-39-30(51)22-12-13-26(47-38)41-18-22;1-3-20-12(17)9-11(14(19)21-4-2)16-13(18)10-5-7-15-8-6-10;8-2-6(3-9,4-10)7-1-5(11)12;/h2-4,9-10,12-13,18,20,23-25,29,38H,5-8,11,14-17,19H2,1H3,(H,39,51)(H,42,55)(H,43,48)(H,44,53)(H,45,54)(H,46,52)(H,49,50)(H4,36,37,40);5-8,11H,3-4,9H2,1-2H3,(H,16,18);7-10H,1-4H2,(H,11,12);/t20?,23-,24+,25-,29-;;;/m0.../s1. The van der Waals surface area contributed by atoms with Gasteiger partial charge < -0.3 is 83.7 Å². The van der Waals surface area contributed by atoms with Crippen LogP contribution < -0.4 is 54.0 Å². The van der Waals surface area contributed by atoms with E-state index in [-0.39, 0.29) is 83.0 Å². The molecule has 1 aromatic carbocycles. The van der Waals surface area contributed by atoms with E-state index in [1.54, 1.807) is 51.1 Å². The van der Waals surface area contributed by atoms with E-state index in [1.807, 2.05) is 0 Å². The molecule has 0 saturated carbocycles. The number of hydrogen-bond donors (Lipinski definition) is 16. The van der Waals surface area contributed by atoms with Crippen molar-refractivity contribution in [2.24, 2.45) is 27.5 Å². The van der Waals surface area contributed by atoms with Crippen molar-refractivity contribution in [3.05, 3.63) is 89.9 Å². The van der Waals surface area contributed by atoms with E-state index in [2.05, 4.69) is 62.6 Å². The normalized spacial score (nSPS) is 16.7. The molecule has 1 radical (unpaired) electrons. The van der Waals surface area contributed by atoms with Crippen LogP contribution in [0.15, 0.2) is 83.3 Å². The molecule has 6 atom stereocenters. The first-order valence-electron chi connectivity index (χ1n) is 27.7. The first-order valence-corrected chi connectivity index (χ1v) is 27.7. The number of aliphatic hydroxyl groups excluding tert-OH is 3. The molecule has 1 fully saturated rings. The van der Waals surface area contributed by atoms with Crippen LogP contribution in [-0.4, -0.2) is 202 Å². The van der Waals surface area contributed by atoms with Crippen LogP contribution in [0.25, 0.3) is 0 Å². The Bertz CT molecular complexity index is 2790. The second kappa shape index (κ2) is 42.8. The van der Waals surface area contributed by atoms with Crippen LogP contribution in [-0.2, 0) is 79.2 Å². The molecule has 1 aliphatic rings. The fourth-order valence-electron chi connectivity index (χ4n) is 7.80. The summed E-state index contributed by atoms with van der Waals surface area (Å²) in [5, 5.41) is 67.4. The van der Waals surface area contributed by atoms with Crippen LogP contribution >= 0.6 is 0 Å². The van der Waals surface area contributed by atoms with Gasteiger partial charge in [0.2, 0.25) is 29.5 Å². The Morgan fingerprint density at radius 3 is 1.97 bits per heavy atom. The van der Waals surface area contributed by atoms with Gasteiger partial charge in [-0.2, -0.15) is 0 Å². The SMILES string of the molecule is CC(CCCN=C(N)N)[C@@H]1NC(=O)[C@H](CCCCNC(=O)c2ccc(N=N)nc2)NC(=O)[C@@H](Cc2ccccc2)NC(=O)[C@H](CC(=O)O)NC(=O)CNC1=O.CCOC(=O)CC(NC(=O)c1ccncc1)C(=O)OCC.O=C(O)CNC(CO)(CO)CO.[Tc]. The van der Waals surface area contributed by atoms with Crippen molar-refractivity contribution in [1.29, 1.82) is 5.53 Å². The molecule has 0 bridgehead atoms. The van der Waals surface area contributed by atoms with Crippen molar-refractivity contribution >= 4 is 77.0 Å². The smallest absolute Gasteiger partial charge is 0.329 e. The fourth-order valence-corrected chi connectivity index (χ4v) is 7.80. The molecule has 1 saturated heterocycles. The number of aliphatic imine (C=N–C) groups is 1. The number of hydrogen-bond acceptors (Lipinski definition) is 22. The minimum Gasteiger partial charge on any atom is -0.481 e. The maximum atomic E-state index is 14.0. The van der Waals surface area contributed by atoms with Crippen LogP contribution in [0.5, 0.6) is 0 Å². The van der Waals surface area contributed by atoms with Crippen molar-refractivity contribution in [2.45, 2.75) is 108 Å². The fraction of sp³-hybridized carbons (Fsp3) is 0.491. The topological polar surface area (TPSA) is 530 Å². The summed E-state index contributed by atoms with van der Waals surface area (Å²) in [6, 6.07) is 8.14. The first kappa shape index (κ1) is 78.1. The molecule has 7 amide bonds. The van der Waals surface area contributed by atoms with Crippen LogP contribution in [0.2, 0.25) is 0 Å². The van der Waals surface area contributed by atoms with Crippen molar-refractivity contribution < 1.29 is 108 Å². The predicted octanol–water partition coefficient (Wildman–Crippen LogP) is -2.81. The van der Waals surface area contributed by atoms with Crippen molar-refractivity contribution in [3.8, 4) is 0 Å². The van der Waals surface area contributed by atoms with Crippen LogP contribution in [0.1, 0.15) is 92.0 Å². The summed E-state index contributed by atoms with van der Waals surface area (Å²) in [6.45, 7) is 3.19. The van der Waals surface area contributed by atoms with Gasteiger partial charge in [-0.1, -0.05) is 37.3 Å². The van der Waals surface area contributed by atoms with Gasteiger partial charge in [0.05, 0.1) is 70.1 Å². The molecule has 0 aliphatic carbocycles. The molecule has 18 N–H and O–H groups in total. The third-order valence-electron chi connectivity index (χ3n) is 12.6. The number of pyridine rings is 2. The maximum absolute atomic E-state index is 14.0. The predicted molar refractivity (Wildman–Crippen MR) is 310 cm³/mol. The number of ether oxygens (including phenoxy) is 2. The van der Waals surface area contributed by atoms with Gasteiger partial charge in [-0.25, -0.2) is 15.3 Å². The molecule has 2 unspecified atom stereocenters. The van der Waals surface area contributed by atoms with Gasteiger partial charge in [0.1, 0.15) is 30.2 Å². The second-order valence-electron chi connectivity index (χ2n) is 19.5. The molecule has 1 aliphatic heterocycles. The van der Waals surface area contributed by atoms with Crippen LogP contribution in [0, 0.1) is 11.4 Å². The van der Waals surface area contributed by atoms with E-state index in [0.29, 0.717) is 36.8 Å². The molecule has 0 spiro atoms. The van der Waals surface area contributed by atoms with Gasteiger partial charge in [0.15, 0.2) is 11.8 Å². The number of nitrogens with zero attached hydrogens (tertiary/aromatic N) is 4. The number of benzene rings is 1. The maximum Gasteiger partial charge on any atom is 0.329 e. The van der Waals surface area contributed by atoms with E-state index in [4.69, 9.17) is 46.9 Å². The summed E-state index contributed by atoms with van der Waals surface area (Å²) in [5.41, 5.74) is 17.8. The summed E-state index contributed by atoms with van der Waals surface area (Å²) < 4.78 is 9.63. The van der Waals surface area contributed by atoms with Gasteiger partial charge in [-0.3, -0.25) is 63.2 Å². The molecular weight excluding hydrogens is 1260 g/mol. The number of nitrogens with two attached hydrogens (primary N) is 2. The number of aliphatic hydroxyl groups is 3. The van der Waals surface area contributed by atoms with E-state index in [9.17, 15) is 57.8 Å². The second-order valence-corrected chi connectivity index (χ2v) is 19.5. The molecule has 489 valence electrons. The Balaban J connectivity index is 0.000000947. The minimum atomic E-state index is -1.60. The van der Waals surface area contributed by atoms with Crippen molar-refractivity contribution in [1.82, 2.24) is 52.5 Å². The Labute approximate surface area is 525 Å². The number of carbonyl (C=O) groups excluding carboxylic acids is 9. The molecule has 3 aromatic rings. The number of esters is 2. The van der Waals surface area contributed by atoms with E-state index < -0.39 is 146 Å². The molecule has 33 nitrogen and oxygen atoms in total. The number of aliphatic carboxylic acids is 2. The Morgan fingerprint density at radius 2 is 1.39 bits per heavy atom. The Hall–Kier alpha value is -8.95. The minimum absolute atomic E-state index is 0. The van der Waals surface area contributed by atoms with Crippen molar-refractivity contribution in [3.63, 3.8) is 0 Å². The molecule has 2 aromatic heterocycles. The zero-order valence-corrected chi connectivity index (χ0v) is 51.1. The summed E-state index contributed by atoms with van der Waals surface area (Å²) in [5.74, 6) is -9.21. The number of guanidine groups is 1. The molecule has 3 heterocycles. The molecule has 4 rings (SSSR count). The largest absolute Gasteiger partial charge is 0.481 e. The summed E-state index contributed by atoms with van der Waals surface area (Å²) >= 11 is 0. The van der Waals surface area contributed by atoms with Gasteiger partial charge >= 0.3 is 23.9 Å². The van der Waals surface area contributed by atoms with Gasteiger partial charge in [-0.05, 0) is 81.7 Å². The number of unbranched alkanes of at least 4 members (excludes halogenated alkanes) is 1. The van der Waals surface area contributed by atoms with E-state index in [1.165, 1.54) is 42.9 Å². The Morgan fingerprint density at radius 1 is 0.764 bits per heavy atom. The van der Waals surface area contributed by atoms with E-state index >= 15 is 0 Å². The van der Waals surface area contributed by atoms with Crippen LogP contribution in [0.4, 0.5) is 5.82 Å². The average Bonchev–Trinajstić information content (AvgIpc) is 3.63. The number of amides is 7. The zero-order chi connectivity index (χ0) is 65.6. The summed E-state index contributed by atoms with van der Waals surface area (Å²) in [4.78, 5) is 149. The summed E-state index contributed by atoms with van der Waals surface area (Å²) in [6.07, 6.45) is 4.61. The number of aromatic nitrogens is 2. The number of nitrogens with one attached hydrogen (secondary N) is 9. The quantitative estimate of drug-likeness (QED) is 0.0110. The molecule has 89 heavy (non-hydrogen) atoms. The monoisotopic (exact) mass is 1330 g/mol. The van der Waals surface area contributed by atoms with Gasteiger partial charge in [0.25, 0.3) is 11.8 Å². The number of rotatable bonds is 29. The third-order valence-corrected chi connectivity index (χ3v) is 12.6. The Kier molecular flexibility index (Phi) is 37.6. The molecular formula is C55H79N15O18Tc. The average molecular weight is 1340 g/mol. The molecule has 34 heteroatoms. The van der Waals surface area contributed by atoms with E-state index in [0.717, 1.165) is 0 Å². The van der Waals surface area contributed by atoms with Crippen molar-refractivity contribution in [2.75, 3.05) is 59.2 Å². The number of carboxylic acid groups (broad SMARTS) is 2. The van der Waals surface area contributed by atoms with Gasteiger partial charge in [0, 0.05) is 63.8 Å². The van der Waals surface area contributed by atoms with Gasteiger partial charge in [-0.15, -0.1) is 5.11 Å². The first-order chi connectivity index (χ1) is 41.9. The third kappa shape index (κ3) is 30.5. The zero-order valence-electron chi connectivity index (χ0n) is 49.3. The van der Waals surface area contributed by atoms with Crippen LogP contribution in [0.3, 0.4) is 0 Å².